The average Bonchev–Trinajstić information content (AvgIpc) is 3.42. The maximum Gasteiger partial charge on any atom is 0.347 e. The lowest BCUT2D eigenvalue weighted by molar-refractivity contribution is -0.184. The highest BCUT2D eigenvalue weighted by Crippen LogP contribution is 2.26. The molecule has 16 nitrogen and oxygen atoms in total. The summed E-state index contributed by atoms with van der Waals surface area (Å²) < 4.78 is 39.4. The van der Waals surface area contributed by atoms with Gasteiger partial charge < -0.3 is 43.3 Å². The standard InChI is InChI=1S/C27H42N4O12S/c1-15(41-25(36)17(3)43-26(37)18(4)42-24(35)16(2)40-19(5)32)23(34)31(27(6,7)8)13-20(33)14-39-22-21(28-44-29-22)30-9-11-38-12-10-30/h15-18,20,33H,9-14H2,1-8H3/t15-,16-,17-,18-,20-/m0/s1. The van der Waals surface area contributed by atoms with Gasteiger partial charge in [-0.15, -0.1) is 4.37 Å². The van der Waals surface area contributed by atoms with E-state index < -0.39 is 65.8 Å². The molecule has 248 valence electrons. The molecule has 1 fully saturated rings. The zero-order valence-corrected chi connectivity index (χ0v) is 27.1. The minimum absolute atomic E-state index is 0.145. The number of hydrogen-bond acceptors (Lipinski definition) is 16. The number of aliphatic hydroxyl groups is 1. The summed E-state index contributed by atoms with van der Waals surface area (Å²) in [5.74, 6) is -3.51. The first kappa shape index (κ1) is 36.6. The van der Waals surface area contributed by atoms with Gasteiger partial charge in [0.2, 0.25) is 5.82 Å². The Labute approximate surface area is 260 Å². The van der Waals surface area contributed by atoms with E-state index in [0.29, 0.717) is 32.1 Å². The summed E-state index contributed by atoms with van der Waals surface area (Å²) in [4.78, 5) is 64.6. The van der Waals surface area contributed by atoms with E-state index in [2.05, 4.69) is 8.75 Å². The predicted octanol–water partition coefficient (Wildman–Crippen LogP) is 0.488. The molecule has 0 unspecified atom stereocenters. The van der Waals surface area contributed by atoms with Crippen molar-refractivity contribution in [3.63, 3.8) is 0 Å². The molecule has 1 amide bonds. The molecule has 0 aromatic carbocycles. The number of carbonyl (C=O) groups is 5. The molecular weight excluding hydrogens is 604 g/mol. The van der Waals surface area contributed by atoms with Gasteiger partial charge in [0.15, 0.2) is 24.4 Å². The Morgan fingerprint density at radius 1 is 0.886 bits per heavy atom. The van der Waals surface area contributed by atoms with Crippen LogP contribution in [0, 0.1) is 0 Å². The number of hydrogen-bond donors (Lipinski definition) is 1. The number of amides is 1. The Hall–Kier alpha value is -3.57. The molecule has 1 aliphatic rings. The molecule has 5 atom stereocenters. The molecule has 2 heterocycles. The molecule has 2 rings (SSSR count). The largest absolute Gasteiger partial charge is 0.472 e. The predicted molar refractivity (Wildman–Crippen MR) is 154 cm³/mol. The normalized spacial score (nSPS) is 16.9. The van der Waals surface area contributed by atoms with Crippen molar-refractivity contribution in [1.82, 2.24) is 13.6 Å². The summed E-state index contributed by atoms with van der Waals surface area (Å²) in [7, 11) is 0. The molecule has 1 aliphatic heterocycles. The highest BCUT2D eigenvalue weighted by atomic mass is 32.1. The van der Waals surface area contributed by atoms with Crippen molar-refractivity contribution >= 4 is 47.3 Å². The monoisotopic (exact) mass is 646 g/mol. The van der Waals surface area contributed by atoms with E-state index in [1.54, 1.807) is 20.8 Å². The smallest absolute Gasteiger partial charge is 0.347 e. The topological polar surface area (TPSA) is 193 Å². The second-order valence-electron chi connectivity index (χ2n) is 11.1. The SMILES string of the molecule is CC(=O)O[C@@H](C)C(=O)O[C@@H](C)C(=O)O[C@@H](C)C(=O)O[C@@H](C)C(=O)N(C[C@H](O)COc1nsnc1N1CCOCC1)C(C)(C)C. The molecule has 1 aromatic heterocycles. The van der Waals surface area contributed by atoms with E-state index in [0.717, 1.165) is 18.7 Å². The zero-order valence-electron chi connectivity index (χ0n) is 26.3. The number of morpholine rings is 1. The summed E-state index contributed by atoms with van der Waals surface area (Å²) in [6.07, 6.45) is -6.52. The molecule has 0 bridgehead atoms. The Balaban J connectivity index is 1.91. The van der Waals surface area contributed by atoms with Gasteiger partial charge in [-0.2, -0.15) is 4.37 Å². The van der Waals surface area contributed by atoms with Gasteiger partial charge in [0.1, 0.15) is 12.7 Å². The molecule has 0 radical (unpaired) electrons. The van der Waals surface area contributed by atoms with E-state index in [1.165, 1.54) is 32.6 Å². The number of nitrogens with zero attached hydrogens (tertiary/aromatic N) is 4. The highest BCUT2D eigenvalue weighted by molar-refractivity contribution is 6.99. The van der Waals surface area contributed by atoms with Crippen LogP contribution < -0.4 is 9.64 Å². The molecule has 1 N–H and O–H groups in total. The summed E-state index contributed by atoms with van der Waals surface area (Å²) >= 11 is 0.985. The van der Waals surface area contributed by atoms with Crippen molar-refractivity contribution in [3.8, 4) is 5.88 Å². The number of rotatable bonds is 14. The van der Waals surface area contributed by atoms with E-state index in [4.69, 9.17) is 28.4 Å². The summed E-state index contributed by atoms with van der Waals surface area (Å²) in [6, 6.07) is 0. The van der Waals surface area contributed by atoms with Crippen LogP contribution in [-0.4, -0.2) is 124 Å². The lowest BCUT2D eigenvalue weighted by Crippen LogP contribution is -2.54. The number of β-amino-alcohol motifs (C(OH)–C–C–N with tert-alkyl or cyclic N) is 1. The number of anilines is 1. The van der Waals surface area contributed by atoms with Crippen LogP contribution in [0.25, 0.3) is 0 Å². The van der Waals surface area contributed by atoms with Crippen LogP contribution in [0.15, 0.2) is 0 Å². The van der Waals surface area contributed by atoms with Gasteiger partial charge in [0.05, 0.1) is 31.5 Å². The van der Waals surface area contributed by atoms with Crippen molar-refractivity contribution in [2.75, 3.05) is 44.4 Å². The number of aromatic nitrogens is 2. The third kappa shape index (κ3) is 11.2. The van der Waals surface area contributed by atoms with E-state index >= 15 is 0 Å². The molecular formula is C27H42N4O12S. The van der Waals surface area contributed by atoms with Crippen LogP contribution >= 0.6 is 11.7 Å². The first-order chi connectivity index (χ1) is 20.5. The van der Waals surface area contributed by atoms with E-state index in [-0.39, 0.29) is 19.0 Å². The quantitative estimate of drug-likeness (QED) is 0.217. The van der Waals surface area contributed by atoms with Gasteiger partial charge in [0, 0.05) is 25.6 Å². The lowest BCUT2D eigenvalue weighted by Gasteiger charge is -2.38. The van der Waals surface area contributed by atoms with Gasteiger partial charge in [-0.05, 0) is 48.5 Å². The number of ether oxygens (including phenoxy) is 6. The number of aliphatic hydroxyl groups excluding tert-OH is 1. The van der Waals surface area contributed by atoms with Crippen LogP contribution in [0.1, 0.15) is 55.4 Å². The Bertz CT molecular complexity index is 1150. The van der Waals surface area contributed by atoms with Gasteiger partial charge in [0.25, 0.3) is 11.8 Å². The fraction of sp³-hybridized carbons (Fsp3) is 0.741. The summed E-state index contributed by atoms with van der Waals surface area (Å²) in [5.41, 5.74) is -0.777. The van der Waals surface area contributed by atoms with Crippen molar-refractivity contribution in [1.29, 1.82) is 0 Å². The third-order valence-corrected chi connectivity index (χ3v) is 6.70. The Morgan fingerprint density at radius 3 is 1.89 bits per heavy atom. The molecule has 0 saturated carbocycles. The van der Waals surface area contributed by atoms with Gasteiger partial charge >= 0.3 is 23.9 Å². The van der Waals surface area contributed by atoms with Gasteiger partial charge in [-0.3, -0.25) is 9.59 Å². The van der Waals surface area contributed by atoms with Crippen LogP contribution in [0.2, 0.25) is 0 Å². The molecule has 0 spiro atoms. The number of carbonyl (C=O) groups excluding carboxylic acids is 5. The molecule has 0 aliphatic carbocycles. The summed E-state index contributed by atoms with van der Waals surface area (Å²) in [5, 5.41) is 10.8. The first-order valence-corrected chi connectivity index (χ1v) is 14.8. The van der Waals surface area contributed by atoms with E-state index in [1.807, 2.05) is 4.90 Å². The van der Waals surface area contributed by atoms with Crippen LogP contribution in [0.3, 0.4) is 0 Å². The van der Waals surface area contributed by atoms with Crippen LogP contribution in [-0.2, 0) is 47.7 Å². The average molecular weight is 647 g/mol. The van der Waals surface area contributed by atoms with Crippen LogP contribution in [0.4, 0.5) is 5.82 Å². The van der Waals surface area contributed by atoms with Crippen molar-refractivity contribution in [3.05, 3.63) is 0 Å². The zero-order chi connectivity index (χ0) is 33.2. The Kier molecular flexibility index (Phi) is 13.7. The third-order valence-electron chi connectivity index (χ3n) is 6.20. The molecule has 44 heavy (non-hydrogen) atoms. The first-order valence-electron chi connectivity index (χ1n) is 14.1. The Morgan fingerprint density at radius 2 is 1.39 bits per heavy atom. The van der Waals surface area contributed by atoms with Gasteiger partial charge in [-0.1, -0.05) is 0 Å². The fourth-order valence-electron chi connectivity index (χ4n) is 3.84. The molecule has 17 heteroatoms. The van der Waals surface area contributed by atoms with Crippen molar-refractivity contribution in [2.24, 2.45) is 0 Å². The molecule has 1 saturated heterocycles. The van der Waals surface area contributed by atoms with Crippen molar-refractivity contribution in [2.45, 2.75) is 91.4 Å². The lowest BCUT2D eigenvalue weighted by atomic mass is 10.0. The number of esters is 4. The van der Waals surface area contributed by atoms with Crippen LogP contribution in [0.5, 0.6) is 5.88 Å². The maximum absolute atomic E-state index is 13.3. The molecule has 1 aromatic rings. The second-order valence-corrected chi connectivity index (χ2v) is 11.6. The fourth-order valence-corrected chi connectivity index (χ4v) is 4.36. The highest BCUT2D eigenvalue weighted by Gasteiger charge is 2.35. The second kappa shape index (κ2) is 16.5. The maximum atomic E-state index is 13.3. The minimum atomic E-state index is -1.45. The summed E-state index contributed by atoms with van der Waals surface area (Å²) in [6.45, 7) is 13.5. The van der Waals surface area contributed by atoms with Crippen molar-refractivity contribution < 1.29 is 57.5 Å². The van der Waals surface area contributed by atoms with Gasteiger partial charge in [-0.25, -0.2) is 14.4 Å². The minimum Gasteiger partial charge on any atom is -0.472 e. The van der Waals surface area contributed by atoms with E-state index in [9.17, 15) is 29.1 Å².